The summed E-state index contributed by atoms with van der Waals surface area (Å²) in [6.45, 7) is 1.56. The molecule has 14 heavy (non-hydrogen) atoms. The highest BCUT2D eigenvalue weighted by atomic mass is 35.5. The molecule has 0 aliphatic rings. The zero-order valence-electron chi connectivity index (χ0n) is 7.26. The van der Waals surface area contributed by atoms with E-state index in [-0.39, 0.29) is 23.7 Å². The molecule has 76 valence electrons. The van der Waals surface area contributed by atoms with Gasteiger partial charge in [-0.15, -0.1) is 12.4 Å². The quantitative estimate of drug-likeness (QED) is 0.607. The number of hydrogen-bond donors (Lipinski definition) is 1. The van der Waals surface area contributed by atoms with E-state index in [9.17, 15) is 14.9 Å². The molecule has 1 N–H and O–H groups in total. The van der Waals surface area contributed by atoms with Crippen LogP contribution in [-0.2, 0) is 0 Å². The molecule has 0 saturated heterocycles. The molecule has 0 heterocycles. The smallest absolute Gasteiger partial charge is 0.335 e. The topological polar surface area (TPSA) is 80.4 Å². The monoisotopic (exact) mass is 217 g/mol. The maximum atomic E-state index is 10.5. The number of hydrogen-bond acceptors (Lipinski definition) is 3. The first-order valence-corrected chi connectivity index (χ1v) is 3.50. The molecule has 0 aliphatic carbocycles. The zero-order valence-corrected chi connectivity index (χ0v) is 8.08. The SMILES string of the molecule is Cc1ccc(C(=O)O)cc1[N+](=O)[O-].Cl. The lowest BCUT2D eigenvalue weighted by atomic mass is 10.1. The fourth-order valence-electron chi connectivity index (χ4n) is 0.939. The van der Waals surface area contributed by atoms with Crippen LogP contribution in [0.15, 0.2) is 18.2 Å². The third-order valence-corrected chi connectivity index (χ3v) is 1.65. The van der Waals surface area contributed by atoms with Crippen molar-refractivity contribution in [3.8, 4) is 0 Å². The fourth-order valence-corrected chi connectivity index (χ4v) is 0.939. The largest absolute Gasteiger partial charge is 0.478 e. The molecule has 0 fully saturated rings. The first-order valence-electron chi connectivity index (χ1n) is 3.50. The molecule has 0 radical (unpaired) electrons. The second-order valence-electron chi connectivity index (χ2n) is 2.56. The van der Waals surface area contributed by atoms with Crippen LogP contribution in [0.25, 0.3) is 0 Å². The molecular weight excluding hydrogens is 210 g/mol. The number of carboxylic acid groups (broad SMARTS) is 1. The summed E-state index contributed by atoms with van der Waals surface area (Å²) in [7, 11) is 0. The number of nitrogens with zero attached hydrogens (tertiary/aromatic N) is 1. The van der Waals surface area contributed by atoms with Gasteiger partial charge in [0.2, 0.25) is 0 Å². The number of benzene rings is 1. The highest BCUT2D eigenvalue weighted by Gasteiger charge is 2.13. The Kier molecular flexibility index (Phi) is 4.04. The van der Waals surface area contributed by atoms with Gasteiger partial charge in [-0.2, -0.15) is 0 Å². The van der Waals surface area contributed by atoms with Gasteiger partial charge in [-0.25, -0.2) is 4.79 Å². The first-order chi connectivity index (χ1) is 6.02. The Morgan fingerprint density at radius 1 is 1.50 bits per heavy atom. The average Bonchev–Trinajstić information content (AvgIpc) is 2.04. The number of nitro groups is 1. The highest BCUT2D eigenvalue weighted by molar-refractivity contribution is 5.88. The number of aromatic carboxylic acids is 1. The van der Waals surface area contributed by atoms with Crippen molar-refractivity contribution >= 4 is 24.1 Å². The zero-order chi connectivity index (χ0) is 10.0. The van der Waals surface area contributed by atoms with Crippen LogP contribution in [0.1, 0.15) is 15.9 Å². The van der Waals surface area contributed by atoms with Crippen molar-refractivity contribution in [2.45, 2.75) is 6.92 Å². The van der Waals surface area contributed by atoms with Crippen molar-refractivity contribution in [1.29, 1.82) is 0 Å². The number of aryl methyl sites for hydroxylation is 1. The van der Waals surface area contributed by atoms with E-state index in [0.717, 1.165) is 6.07 Å². The van der Waals surface area contributed by atoms with Crippen LogP contribution in [0.3, 0.4) is 0 Å². The molecule has 0 bridgehead atoms. The summed E-state index contributed by atoms with van der Waals surface area (Å²) in [6, 6.07) is 3.81. The molecule has 0 unspecified atom stereocenters. The Labute approximate surface area is 85.9 Å². The number of carbonyl (C=O) groups is 1. The molecule has 1 rings (SSSR count). The molecule has 1 aromatic carbocycles. The van der Waals surface area contributed by atoms with Crippen molar-refractivity contribution in [3.05, 3.63) is 39.4 Å². The van der Waals surface area contributed by atoms with Gasteiger partial charge >= 0.3 is 5.97 Å². The molecule has 0 amide bonds. The Hall–Kier alpha value is -1.62. The molecule has 0 aromatic heterocycles. The van der Waals surface area contributed by atoms with Crippen LogP contribution in [-0.4, -0.2) is 16.0 Å². The van der Waals surface area contributed by atoms with Crippen molar-refractivity contribution in [3.63, 3.8) is 0 Å². The van der Waals surface area contributed by atoms with Gasteiger partial charge in [-0.1, -0.05) is 6.07 Å². The summed E-state index contributed by atoms with van der Waals surface area (Å²) in [5.74, 6) is -1.16. The Bertz CT molecular complexity index is 378. The fraction of sp³-hybridized carbons (Fsp3) is 0.125. The van der Waals surface area contributed by atoms with E-state index in [1.54, 1.807) is 6.92 Å². The van der Waals surface area contributed by atoms with E-state index in [1.807, 2.05) is 0 Å². The molecule has 6 heteroatoms. The standard InChI is InChI=1S/C8H7NO4.ClH/c1-5-2-3-6(8(10)11)4-7(5)9(12)13;/h2-4H,1H3,(H,10,11);1H. The predicted octanol–water partition coefficient (Wildman–Crippen LogP) is 2.02. The van der Waals surface area contributed by atoms with E-state index >= 15 is 0 Å². The number of nitro benzene ring substituents is 1. The van der Waals surface area contributed by atoms with E-state index in [4.69, 9.17) is 5.11 Å². The molecule has 5 nitrogen and oxygen atoms in total. The number of halogens is 1. The maximum absolute atomic E-state index is 10.5. The van der Waals surface area contributed by atoms with Gasteiger partial charge in [-0.3, -0.25) is 10.1 Å². The summed E-state index contributed by atoms with van der Waals surface area (Å²) in [5.41, 5.74) is 0.215. The van der Waals surface area contributed by atoms with Crippen LogP contribution < -0.4 is 0 Å². The minimum atomic E-state index is -1.16. The number of rotatable bonds is 2. The summed E-state index contributed by atoms with van der Waals surface area (Å²) in [5, 5.41) is 19.0. The van der Waals surface area contributed by atoms with Gasteiger partial charge in [0.15, 0.2) is 0 Å². The van der Waals surface area contributed by atoms with Gasteiger partial charge in [0.25, 0.3) is 5.69 Å². The van der Waals surface area contributed by atoms with E-state index in [0.29, 0.717) is 5.56 Å². The molecular formula is C8H8ClNO4. The Morgan fingerprint density at radius 2 is 2.07 bits per heavy atom. The van der Waals surface area contributed by atoms with Crippen molar-refractivity contribution in [2.75, 3.05) is 0 Å². The van der Waals surface area contributed by atoms with Gasteiger partial charge in [0, 0.05) is 11.6 Å². The van der Waals surface area contributed by atoms with Gasteiger partial charge in [0.05, 0.1) is 10.5 Å². The van der Waals surface area contributed by atoms with Crippen LogP contribution in [0.5, 0.6) is 0 Å². The number of carboxylic acids is 1. The van der Waals surface area contributed by atoms with Crippen molar-refractivity contribution in [2.24, 2.45) is 0 Å². The van der Waals surface area contributed by atoms with Gasteiger partial charge < -0.3 is 5.11 Å². The van der Waals surface area contributed by atoms with E-state index in [2.05, 4.69) is 0 Å². The normalized spacial score (nSPS) is 8.93. The summed E-state index contributed by atoms with van der Waals surface area (Å²) in [6.07, 6.45) is 0. The van der Waals surface area contributed by atoms with Crippen molar-refractivity contribution < 1.29 is 14.8 Å². The minimum absolute atomic E-state index is 0. The second kappa shape index (κ2) is 4.57. The molecule has 1 aromatic rings. The van der Waals surface area contributed by atoms with Crippen LogP contribution in [0.2, 0.25) is 0 Å². The summed E-state index contributed by atoms with van der Waals surface area (Å²) in [4.78, 5) is 20.3. The van der Waals surface area contributed by atoms with Gasteiger partial charge in [-0.05, 0) is 13.0 Å². The average molecular weight is 218 g/mol. The third-order valence-electron chi connectivity index (χ3n) is 1.65. The summed E-state index contributed by atoms with van der Waals surface area (Å²) < 4.78 is 0. The second-order valence-corrected chi connectivity index (χ2v) is 2.56. The predicted molar refractivity (Wildman–Crippen MR) is 52.0 cm³/mol. The van der Waals surface area contributed by atoms with Crippen LogP contribution in [0.4, 0.5) is 5.69 Å². The molecule has 0 spiro atoms. The first kappa shape index (κ1) is 12.4. The Balaban J connectivity index is 0.00000169. The third kappa shape index (κ3) is 2.43. The van der Waals surface area contributed by atoms with E-state index < -0.39 is 10.9 Å². The van der Waals surface area contributed by atoms with Gasteiger partial charge in [0.1, 0.15) is 0 Å². The van der Waals surface area contributed by atoms with E-state index in [1.165, 1.54) is 12.1 Å². The van der Waals surface area contributed by atoms with Crippen molar-refractivity contribution in [1.82, 2.24) is 0 Å². The molecule has 0 saturated carbocycles. The lowest BCUT2D eigenvalue weighted by Crippen LogP contribution is -1.99. The highest BCUT2D eigenvalue weighted by Crippen LogP contribution is 2.18. The Morgan fingerprint density at radius 3 is 2.50 bits per heavy atom. The van der Waals surface area contributed by atoms with Crippen LogP contribution >= 0.6 is 12.4 Å². The molecule has 0 atom stereocenters. The van der Waals surface area contributed by atoms with Crippen LogP contribution in [0, 0.1) is 17.0 Å². The minimum Gasteiger partial charge on any atom is -0.478 e. The molecule has 0 aliphatic heterocycles. The lowest BCUT2D eigenvalue weighted by Gasteiger charge is -1.97. The lowest BCUT2D eigenvalue weighted by molar-refractivity contribution is -0.385. The summed E-state index contributed by atoms with van der Waals surface area (Å²) >= 11 is 0. The maximum Gasteiger partial charge on any atom is 0.335 e.